The molecular formula is C8H15BrO. The van der Waals surface area contributed by atoms with Crippen molar-refractivity contribution in [3.8, 4) is 0 Å². The molecule has 1 nitrogen and oxygen atoms in total. The van der Waals surface area contributed by atoms with Gasteiger partial charge in [0, 0.05) is 18.2 Å². The number of carbonyl (C=O) groups is 1. The molecule has 0 aromatic carbocycles. The van der Waals surface area contributed by atoms with E-state index < -0.39 is 0 Å². The summed E-state index contributed by atoms with van der Waals surface area (Å²) in [4.78, 5) is 10.9. The number of rotatable bonds is 6. The lowest BCUT2D eigenvalue weighted by Gasteiger charge is -1.95. The van der Waals surface area contributed by atoms with Crippen molar-refractivity contribution in [3.05, 3.63) is 0 Å². The van der Waals surface area contributed by atoms with Crippen LogP contribution in [-0.2, 0) is 4.79 Å². The molecule has 60 valence electrons. The van der Waals surface area contributed by atoms with Crippen LogP contribution in [-0.4, -0.2) is 11.1 Å². The highest BCUT2D eigenvalue weighted by molar-refractivity contribution is 9.09. The zero-order chi connectivity index (χ0) is 7.82. The number of halogens is 1. The summed E-state index contributed by atoms with van der Waals surface area (Å²) in [6.07, 6.45) is 4.93. The van der Waals surface area contributed by atoms with Gasteiger partial charge in [0.25, 0.3) is 0 Å². The van der Waals surface area contributed by atoms with E-state index in [4.69, 9.17) is 0 Å². The second-order valence-corrected chi connectivity index (χ2v) is 3.23. The highest BCUT2D eigenvalue weighted by atomic mass is 79.9. The predicted octanol–water partition coefficient (Wildman–Crippen LogP) is 2.92. The fourth-order valence-electron chi connectivity index (χ4n) is 0.803. The van der Waals surface area contributed by atoms with Gasteiger partial charge in [-0.3, -0.25) is 4.79 Å². The Morgan fingerprint density at radius 1 is 1.30 bits per heavy atom. The summed E-state index contributed by atoms with van der Waals surface area (Å²) in [6.45, 7) is 2.15. The van der Waals surface area contributed by atoms with Crippen molar-refractivity contribution in [2.45, 2.75) is 39.0 Å². The van der Waals surface area contributed by atoms with Gasteiger partial charge in [0.1, 0.15) is 5.78 Å². The van der Waals surface area contributed by atoms with E-state index in [2.05, 4.69) is 22.9 Å². The van der Waals surface area contributed by atoms with E-state index in [9.17, 15) is 4.79 Å². The average molecular weight is 207 g/mol. The molecule has 0 saturated carbocycles. The van der Waals surface area contributed by atoms with Crippen LogP contribution >= 0.6 is 15.9 Å². The van der Waals surface area contributed by atoms with Crippen LogP contribution in [0.5, 0.6) is 0 Å². The second-order valence-electron chi connectivity index (χ2n) is 2.43. The van der Waals surface area contributed by atoms with E-state index in [-0.39, 0.29) is 0 Å². The van der Waals surface area contributed by atoms with Gasteiger partial charge < -0.3 is 0 Å². The van der Waals surface area contributed by atoms with Crippen molar-refractivity contribution in [2.75, 3.05) is 5.33 Å². The zero-order valence-corrected chi connectivity index (χ0v) is 8.11. The summed E-state index contributed by atoms with van der Waals surface area (Å²) < 4.78 is 0. The summed E-state index contributed by atoms with van der Waals surface area (Å²) in [5.41, 5.74) is 0. The molecule has 0 radical (unpaired) electrons. The third-order valence-corrected chi connectivity index (χ3v) is 1.83. The van der Waals surface area contributed by atoms with Gasteiger partial charge in [-0.15, -0.1) is 0 Å². The number of carbonyl (C=O) groups excluding carboxylic acids is 1. The third-order valence-electron chi connectivity index (χ3n) is 1.43. The van der Waals surface area contributed by atoms with Crippen LogP contribution in [0.25, 0.3) is 0 Å². The lowest BCUT2D eigenvalue weighted by molar-refractivity contribution is -0.118. The van der Waals surface area contributed by atoms with E-state index in [1.165, 1.54) is 12.8 Å². The van der Waals surface area contributed by atoms with Gasteiger partial charge in [-0.05, 0) is 6.42 Å². The SMILES string of the molecule is CCCCCC(=O)CCBr. The van der Waals surface area contributed by atoms with Crippen molar-refractivity contribution < 1.29 is 4.79 Å². The summed E-state index contributed by atoms with van der Waals surface area (Å²) in [5, 5.41) is 0.817. The maximum absolute atomic E-state index is 10.9. The normalized spacial score (nSPS) is 9.80. The average Bonchev–Trinajstić information content (AvgIpc) is 1.89. The van der Waals surface area contributed by atoms with Crippen molar-refractivity contribution in [2.24, 2.45) is 0 Å². The Bertz CT molecular complexity index is 91.3. The Hall–Kier alpha value is 0.150. The van der Waals surface area contributed by atoms with Gasteiger partial charge in [-0.1, -0.05) is 35.7 Å². The fraction of sp³-hybridized carbons (Fsp3) is 0.875. The van der Waals surface area contributed by atoms with Crippen LogP contribution in [0.1, 0.15) is 39.0 Å². The van der Waals surface area contributed by atoms with E-state index in [1.54, 1.807) is 0 Å². The minimum atomic E-state index is 0.394. The van der Waals surface area contributed by atoms with Gasteiger partial charge in [-0.2, -0.15) is 0 Å². The number of unbranched alkanes of at least 4 members (excludes halogenated alkanes) is 2. The topological polar surface area (TPSA) is 17.1 Å². The largest absolute Gasteiger partial charge is 0.300 e. The van der Waals surface area contributed by atoms with Gasteiger partial charge in [0.2, 0.25) is 0 Å². The maximum Gasteiger partial charge on any atom is 0.133 e. The molecule has 0 bridgehead atoms. The molecule has 0 rings (SSSR count). The Balaban J connectivity index is 3.05. The second kappa shape index (κ2) is 7.26. The van der Waals surface area contributed by atoms with Crippen LogP contribution in [0.3, 0.4) is 0 Å². The number of Topliss-reactive ketones (excluding diaryl/α,β-unsaturated/α-hetero) is 1. The molecule has 0 saturated heterocycles. The van der Waals surface area contributed by atoms with Gasteiger partial charge >= 0.3 is 0 Å². The highest BCUT2D eigenvalue weighted by Crippen LogP contribution is 2.02. The molecule has 10 heavy (non-hydrogen) atoms. The first-order valence-electron chi connectivity index (χ1n) is 3.89. The summed E-state index contributed by atoms with van der Waals surface area (Å²) in [5.74, 6) is 0.394. The fourth-order valence-corrected chi connectivity index (χ4v) is 1.24. The first kappa shape index (κ1) is 10.2. The number of hydrogen-bond donors (Lipinski definition) is 0. The van der Waals surface area contributed by atoms with Crippen LogP contribution in [0.15, 0.2) is 0 Å². The summed E-state index contributed by atoms with van der Waals surface area (Å²) >= 11 is 3.24. The molecule has 0 aliphatic carbocycles. The van der Waals surface area contributed by atoms with E-state index in [1.807, 2.05) is 0 Å². The Morgan fingerprint density at radius 2 is 2.00 bits per heavy atom. The molecule has 0 fully saturated rings. The van der Waals surface area contributed by atoms with Crippen LogP contribution in [0.2, 0.25) is 0 Å². The van der Waals surface area contributed by atoms with E-state index in [0.29, 0.717) is 12.2 Å². The van der Waals surface area contributed by atoms with Crippen LogP contribution in [0.4, 0.5) is 0 Å². The molecule has 0 aromatic heterocycles. The van der Waals surface area contributed by atoms with Crippen LogP contribution < -0.4 is 0 Å². The number of hydrogen-bond acceptors (Lipinski definition) is 1. The lowest BCUT2D eigenvalue weighted by atomic mass is 10.1. The predicted molar refractivity (Wildman–Crippen MR) is 47.6 cm³/mol. The molecule has 0 N–H and O–H groups in total. The zero-order valence-electron chi connectivity index (χ0n) is 6.53. The molecule has 0 aliphatic rings. The van der Waals surface area contributed by atoms with E-state index in [0.717, 1.165) is 18.2 Å². The summed E-state index contributed by atoms with van der Waals surface area (Å²) in [6, 6.07) is 0. The molecule has 0 atom stereocenters. The van der Waals surface area contributed by atoms with Crippen LogP contribution in [0, 0.1) is 0 Å². The first-order chi connectivity index (χ1) is 4.81. The first-order valence-corrected chi connectivity index (χ1v) is 5.01. The smallest absolute Gasteiger partial charge is 0.133 e. The summed E-state index contributed by atoms with van der Waals surface area (Å²) in [7, 11) is 0. The monoisotopic (exact) mass is 206 g/mol. The molecule has 0 aromatic rings. The third kappa shape index (κ3) is 6.27. The molecule has 0 amide bonds. The Morgan fingerprint density at radius 3 is 2.50 bits per heavy atom. The lowest BCUT2D eigenvalue weighted by Crippen LogP contribution is -1.97. The van der Waals surface area contributed by atoms with Crippen molar-refractivity contribution in [3.63, 3.8) is 0 Å². The van der Waals surface area contributed by atoms with Gasteiger partial charge in [0.05, 0.1) is 0 Å². The minimum Gasteiger partial charge on any atom is -0.300 e. The highest BCUT2D eigenvalue weighted by Gasteiger charge is 1.98. The molecule has 0 spiro atoms. The molecule has 2 heteroatoms. The molecule has 0 unspecified atom stereocenters. The molecule has 0 aliphatic heterocycles. The molecular weight excluding hydrogens is 192 g/mol. The van der Waals surface area contributed by atoms with Crippen molar-refractivity contribution in [1.29, 1.82) is 0 Å². The van der Waals surface area contributed by atoms with E-state index >= 15 is 0 Å². The van der Waals surface area contributed by atoms with Crippen molar-refractivity contribution in [1.82, 2.24) is 0 Å². The maximum atomic E-state index is 10.9. The Kier molecular flexibility index (Phi) is 7.37. The molecule has 0 heterocycles. The number of alkyl halides is 1. The van der Waals surface area contributed by atoms with Crippen molar-refractivity contribution >= 4 is 21.7 Å². The number of ketones is 1. The van der Waals surface area contributed by atoms with Gasteiger partial charge in [0.15, 0.2) is 0 Å². The Labute approximate surface area is 71.3 Å². The quantitative estimate of drug-likeness (QED) is 0.483. The van der Waals surface area contributed by atoms with Gasteiger partial charge in [-0.25, -0.2) is 0 Å². The standard InChI is InChI=1S/C8H15BrO/c1-2-3-4-5-8(10)6-7-9/h2-7H2,1H3. The minimum absolute atomic E-state index is 0.394.